The minimum absolute atomic E-state index is 0.111. The minimum Gasteiger partial charge on any atom is -0.485 e. The van der Waals surface area contributed by atoms with Crippen LogP contribution in [0.4, 0.5) is 0 Å². The maximum absolute atomic E-state index is 12.9. The number of ether oxygens (including phenoxy) is 2. The van der Waals surface area contributed by atoms with Crippen molar-refractivity contribution >= 4 is 22.7 Å². The molecule has 34 heavy (non-hydrogen) atoms. The number of benzene rings is 2. The predicted octanol–water partition coefficient (Wildman–Crippen LogP) is 0.591. The van der Waals surface area contributed by atoms with Crippen molar-refractivity contribution in [2.24, 2.45) is 0 Å². The number of aromatic amines is 1. The Morgan fingerprint density at radius 1 is 0.912 bits per heavy atom. The Morgan fingerprint density at radius 2 is 1.59 bits per heavy atom. The number of carbonyl (C=O) groups excluding carboxylic acids is 2. The number of nitrogens with one attached hydrogen (secondary N) is 1. The molecule has 10 nitrogen and oxygen atoms in total. The van der Waals surface area contributed by atoms with E-state index in [1.54, 1.807) is 46.2 Å². The highest BCUT2D eigenvalue weighted by Crippen LogP contribution is 2.31. The van der Waals surface area contributed by atoms with Gasteiger partial charge in [-0.3, -0.25) is 23.9 Å². The molecule has 5 rings (SSSR count). The number of amides is 2. The number of piperazine rings is 1. The zero-order chi connectivity index (χ0) is 23.7. The lowest BCUT2D eigenvalue weighted by Crippen LogP contribution is -2.55. The number of carbonyl (C=O) groups is 2. The number of para-hydroxylation sites is 3. The summed E-state index contributed by atoms with van der Waals surface area (Å²) in [5.74, 6) is 0.899. The number of aromatic nitrogens is 2. The van der Waals surface area contributed by atoms with Crippen LogP contribution in [-0.2, 0) is 16.1 Å². The van der Waals surface area contributed by atoms with Crippen molar-refractivity contribution in [3.63, 3.8) is 0 Å². The molecule has 2 amide bonds. The summed E-state index contributed by atoms with van der Waals surface area (Å²) in [6.45, 7) is 1.89. The second kappa shape index (κ2) is 9.05. The van der Waals surface area contributed by atoms with Gasteiger partial charge in [0.05, 0.1) is 10.9 Å². The Morgan fingerprint density at radius 3 is 2.38 bits per heavy atom. The highest BCUT2D eigenvalue weighted by Gasteiger charge is 2.33. The summed E-state index contributed by atoms with van der Waals surface area (Å²) in [6.07, 6.45) is -0.599. The molecule has 1 atom stereocenters. The van der Waals surface area contributed by atoms with Gasteiger partial charge in [-0.1, -0.05) is 24.3 Å². The number of hydrogen-bond donors (Lipinski definition) is 1. The molecule has 2 aliphatic rings. The maximum Gasteiger partial charge on any atom is 0.328 e. The largest absolute Gasteiger partial charge is 0.485 e. The zero-order valence-corrected chi connectivity index (χ0v) is 18.4. The number of aryl methyl sites for hydroxylation is 1. The zero-order valence-electron chi connectivity index (χ0n) is 18.4. The van der Waals surface area contributed by atoms with Gasteiger partial charge in [0.1, 0.15) is 6.61 Å². The average molecular weight is 464 g/mol. The molecule has 1 unspecified atom stereocenters. The Labute approximate surface area is 194 Å². The predicted molar refractivity (Wildman–Crippen MR) is 123 cm³/mol. The molecule has 1 fully saturated rings. The number of H-pyrrole nitrogens is 1. The van der Waals surface area contributed by atoms with E-state index in [-0.39, 0.29) is 31.4 Å². The second-order valence-electron chi connectivity index (χ2n) is 8.25. The third kappa shape index (κ3) is 4.14. The Bertz CT molecular complexity index is 1360. The molecule has 0 aliphatic carbocycles. The fourth-order valence-corrected chi connectivity index (χ4v) is 4.35. The highest BCUT2D eigenvalue weighted by molar-refractivity contribution is 5.83. The van der Waals surface area contributed by atoms with E-state index in [2.05, 4.69) is 4.98 Å². The summed E-state index contributed by atoms with van der Waals surface area (Å²) in [7, 11) is 0. The van der Waals surface area contributed by atoms with Gasteiger partial charge in [-0.2, -0.15) is 0 Å². The van der Waals surface area contributed by atoms with Crippen LogP contribution in [-0.4, -0.2) is 70.1 Å². The Kier molecular flexibility index (Phi) is 5.79. The lowest BCUT2D eigenvalue weighted by molar-refractivity contribution is -0.146. The van der Waals surface area contributed by atoms with Gasteiger partial charge in [-0.05, 0) is 24.3 Å². The molecule has 1 saturated heterocycles. The number of rotatable bonds is 4. The molecule has 1 N–H and O–H groups in total. The first kappa shape index (κ1) is 21.7. The lowest BCUT2D eigenvalue weighted by atomic mass is 10.2. The van der Waals surface area contributed by atoms with Crippen LogP contribution < -0.4 is 20.7 Å². The molecular formula is C24H24N4O6. The number of hydrogen-bond acceptors (Lipinski definition) is 6. The molecule has 176 valence electrons. The average Bonchev–Trinajstić information content (AvgIpc) is 2.88. The molecule has 3 aromatic rings. The summed E-state index contributed by atoms with van der Waals surface area (Å²) in [6, 6.07) is 14.0. The molecule has 3 heterocycles. The third-order valence-electron chi connectivity index (χ3n) is 6.18. The molecule has 1 aromatic heterocycles. The number of fused-ring (bicyclic) bond motifs is 2. The summed E-state index contributed by atoms with van der Waals surface area (Å²) in [5, 5.41) is 0.401. The Hall–Kier alpha value is -4.08. The topological polar surface area (TPSA) is 114 Å². The quantitative estimate of drug-likeness (QED) is 0.605. The lowest BCUT2D eigenvalue weighted by Gasteiger charge is -2.37. The van der Waals surface area contributed by atoms with Crippen LogP contribution in [0, 0.1) is 0 Å². The third-order valence-corrected chi connectivity index (χ3v) is 6.18. The second-order valence-corrected chi connectivity index (χ2v) is 8.25. The van der Waals surface area contributed by atoms with E-state index >= 15 is 0 Å². The summed E-state index contributed by atoms with van der Waals surface area (Å²) in [4.78, 5) is 55.7. The molecule has 10 heteroatoms. The van der Waals surface area contributed by atoms with Crippen molar-refractivity contribution in [3.05, 3.63) is 69.4 Å². The molecular weight excluding hydrogens is 440 g/mol. The van der Waals surface area contributed by atoms with E-state index in [4.69, 9.17) is 9.47 Å². The molecule has 0 radical (unpaired) electrons. The molecule has 0 spiro atoms. The van der Waals surface area contributed by atoms with Gasteiger partial charge in [0.25, 0.3) is 11.5 Å². The van der Waals surface area contributed by atoms with Crippen molar-refractivity contribution in [2.45, 2.75) is 19.1 Å². The van der Waals surface area contributed by atoms with Gasteiger partial charge in [0.2, 0.25) is 12.0 Å². The van der Waals surface area contributed by atoms with E-state index in [0.29, 0.717) is 48.6 Å². The first-order valence-corrected chi connectivity index (χ1v) is 11.2. The van der Waals surface area contributed by atoms with Crippen molar-refractivity contribution in [1.29, 1.82) is 0 Å². The first-order valence-electron chi connectivity index (χ1n) is 11.2. The maximum atomic E-state index is 12.9. The molecule has 0 bridgehead atoms. The van der Waals surface area contributed by atoms with E-state index in [9.17, 15) is 19.2 Å². The summed E-state index contributed by atoms with van der Waals surface area (Å²) >= 11 is 0. The van der Waals surface area contributed by atoms with Crippen LogP contribution in [0.25, 0.3) is 10.9 Å². The van der Waals surface area contributed by atoms with Gasteiger partial charge < -0.3 is 19.3 Å². The summed E-state index contributed by atoms with van der Waals surface area (Å²) < 4.78 is 12.9. The summed E-state index contributed by atoms with van der Waals surface area (Å²) in [5.41, 5.74) is -0.487. The van der Waals surface area contributed by atoms with Crippen LogP contribution in [0.2, 0.25) is 0 Å². The fourth-order valence-electron chi connectivity index (χ4n) is 4.35. The van der Waals surface area contributed by atoms with Crippen molar-refractivity contribution in [1.82, 2.24) is 19.4 Å². The highest BCUT2D eigenvalue weighted by atomic mass is 16.6. The monoisotopic (exact) mass is 464 g/mol. The van der Waals surface area contributed by atoms with E-state index in [0.717, 1.165) is 0 Å². The molecule has 0 saturated carbocycles. The normalized spacial score (nSPS) is 17.6. The first-order chi connectivity index (χ1) is 16.5. The van der Waals surface area contributed by atoms with Crippen molar-refractivity contribution in [2.75, 3.05) is 32.8 Å². The van der Waals surface area contributed by atoms with E-state index in [1.165, 1.54) is 4.57 Å². The van der Waals surface area contributed by atoms with Crippen LogP contribution in [0.5, 0.6) is 11.5 Å². The smallest absolute Gasteiger partial charge is 0.328 e. The van der Waals surface area contributed by atoms with Crippen molar-refractivity contribution < 1.29 is 19.1 Å². The van der Waals surface area contributed by atoms with Crippen LogP contribution in [0.3, 0.4) is 0 Å². The van der Waals surface area contributed by atoms with Crippen LogP contribution in [0.1, 0.15) is 6.42 Å². The van der Waals surface area contributed by atoms with Gasteiger partial charge in [0.15, 0.2) is 11.5 Å². The van der Waals surface area contributed by atoms with Crippen molar-refractivity contribution in [3.8, 4) is 11.5 Å². The SMILES string of the molecule is O=C(CCn1c(=O)[nH]c(=O)c2ccccc21)N1CCN(C(=O)C2COc3ccccc3O2)CC1. The van der Waals surface area contributed by atoms with Gasteiger partial charge in [-0.15, -0.1) is 0 Å². The fraction of sp³-hybridized carbons (Fsp3) is 0.333. The molecule has 2 aliphatic heterocycles. The van der Waals surface area contributed by atoms with Gasteiger partial charge in [-0.25, -0.2) is 4.79 Å². The standard InChI is InChI=1S/C24H24N4O6/c29-21(9-10-28-17-6-2-1-5-16(17)22(30)25-24(28)32)26-11-13-27(14-12-26)23(31)20-15-33-18-7-3-4-8-19(18)34-20/h1-8,20H,9-15H2,(H,25,30,32). The van der Waals surface area contributed by atoms with Gasteiger partial charge in [0, 0.05) is 39.1 Å². The number of nitrogens with zero attached hydrogens (tertiary/aromatic N) is 3. The van der Waals surface area contributed by atoms with E-state index < -0.39 is 17.4 Å². The minimum atomic E-state index is -0.711. The van der Waals surface area contributed by atoms with Crippen LogP contribution >= 0.6 is 0 Å². The molecule has 2 aromatic carbocycles. The Balaban J connectivity index is 1.17. The van der Waals surface area contributed by atoms with Crippen LogP contribution in [0.15, 0.2) is 58.1 Å². The van der Waals surface area contributed by atoms with E-state index in [1.807, 2.05) is 12.1 Å². The van der Waals surface area contributed by atoms with Gasteiger partial charge >= 0.3 is 5.69 Å².